The van der Waals surface area contributed by atoms with Crippen LogP contribution in [0.2, 0.25) is 0 Å². The third-order valence-corrected chi connectivity index (χ3v) is 3.92. The summed E-state index contributed by atoms with van der Waals surface area (Å²) < 4.78 is 10.1. The van der Waals surface area contributed by atoms with Crippen LogP contribution in [0, 0.1) is 6.92 Å². The van der Waals surface area contributed by atoms with Gasteiger partial charge in [0.2, 0.25) is 6.29 Å². The van der Waals surface area contributed by atoms with E-state index in [9.17, 15) is 4.79 Å². The molecule has 128 valence electrons. The molecule has 7 nitrogen and oxygen atoms in total. The monoisotopic (exact) mass is 322 g/mol. The number of piperazine rings is 1. The number of hydrogen-bond acceptors (Lipinski definition) is 6. The molecule has 0 atom stereocenters. The Morgan fingerprint density at radius 2 is 1.74 bits per heavy atom. The van der Waals surface area contributed by atoms with Crippen molar-refractivity contribution in [3.63, 3.8) is 0 Å². The van der Waals surface area contributed by atoms with Gasteiger partial charge >= 0.3 is 0 Å². The Hall–Kier alpha value is -1.73. The molecule has 0 unspecified atom stereocenters. The van der Waals surface area contributed by atoms with Crippen LogP contribution in [0.15, 0.2) is 6.07 Å². The highest BCUT2D eigenvalue weighted by molar-refractivity contribution is 5.80. The predicted octanol–water partition coefficient (Wildman–Crippen LogP) is 1.18. The number of rotatable bonds is 5. The molecule has 0 N–H and O–H groups in total. The van der Waals surface area contributed by atoms with Crippen molar-refractivity contribution >= 4 is 11.7 Å². The van der Waals surface area contributed by atoms with Crippen LogP contribution in [0.25, 0.3) is 0 Å². The summed E-state index contributed by atoms with van der Waals surface area (Å²) in [6, 6.07) is 2.00. The van der Waals surface area contributed by atoms with Crippen molar-refractivity contribution in [2.24, 2.45) is 0 Å². The largest absolute Gasteiger partial charge is 0.353 e. The zero-order valence-electron chi connectivity index (χ0n) is 14.6. The number of ether oxygens (including phenoxy) is 2. The van der Waals surface area contributed by atoms with E-state index in [0.29, 0.717) is 19.0 Å². The molecule has 0 aromatic carbocycles. The van der Waals surface area contributed by atoms with Gasteiger partial charge in [-0.3, -0.25) is 4.79 Å². The molecule has 1 aromatic heterocycles. The Morgan fingerprint density at radius 3 is 2.26 bits per heavy atom. The average Bonchev–Trinajstić information content (AvgIpc) is 2.55. The third-order valence-electron chi connectivity index (χ3n) is 3.92. The lowest BCUT2D eigenvalue weighted by Gasteiger charge is -2.36. The number of carbonyl (C=O) groups excluding carboxylic acids is 1. The Balaban J connectivity index is 2.03. The van der Waals surface area contributed by atoms with Crippen LogP contribution in [0.3, 0.4) is 0 Å². The second-order valence-electron chi connectivity index (χ2n) is 6.00. The van der Waals surface area contributed by atoms with Gasteiger partial charge in [-0.1, -0.05) is 13.8 Å². The van der Waals surface area contributed by atoms with Crippen molar-refractivity contribution in [2.75, 3.05) is 45.3 Å². The maximum atomic E-state index is 12.2. The van der Waals surface area contributed by atoms with Crippen LogP contribution >= 0.6 is 0 Å². The van der Waals surface area contributed by atoms with Crippen LogP contribution < -0.4 is 4.90 Å². The molecule has 7 heteroatoms. The fourth-order valence-corrected chi connectivity index (χ4v) is 2.60. The zero-order valence-corrected chi connectivity index (χ0v) is 14.6. The normalized spacial score (nSPS) is 15.6. The quantitative estimate of drug-likeness (QED) is 0.758. The van der Waals surface area contributed by atoms with E-state index in [-0.39, 0.29) is 5.91 Å². The molecule has 2 rings (SSSR count). The number of aromatic nitrogens is 2. The van der Waals surface area contributed by atoms with Gasteiger partial charge in [0.15, 0.2) is 0 Å². The molecule has 1 fully saturated rings. The molecule has 1 amide bonds. The van der Waals surface area contributed by atoms with Crippen molar-refractivity contribution < 1.29 is 14.3 Å². The minimum Gasteiger partial charge on any atom is -0.353 e. The van der Waals surface area contributed by atoms with Gasteiger partial charge in [0, 0.05) is 58.1 Å². The summed E-state index contributed by atoms with van der Waals surface area (Å²) in [5.74, 6) is 1.96. The van der Waals surface area contributed by atoms with Crippen molar-refractivity contribution in [1.29, 1.82) is 0 Å². The summed E-state index contributed by atoms with van der Waals surface area (Å²) in [5.41, 5.74) is 0.969. The molecule has 2 heterocycles. The Kier molecular flexibility index (Phi) is 5.90. The Morgan fingerprint density at radius 1 is 1.13 bits per heavy atom. The first-order valence-electron chi connectivity index (χ1n) is 7.91. The summed E-state index contributed by atoms with van der Waals surface area (Å²) >= 11 is 0. The van der Waals surface area contributed by atoms with Gasteiger partial charge in [-0.2, -0.15) is 0 Å². The molecule has 0 saturated carbocycles. The van der Waals surface area contributed by atoms with Gasteiger partial charge < -0.3 is 19.3 Å². The Labute approximate surface area is 137 Å². The van der Waals surface area contributed by atoms with E-state index in [1.165, 1.54) is 14.2 Å². The molecule has 0 spiro atoms. The minimum absolute atomic E-state index is 0.128. The van der Waals surface area contributed by atoms with E-state index in [2.05, 4.69) is 28.7 Å². The van der Waals surface area contributed by atoms with Crippen LogP contribution in [-0.2, 0) is 14.3 Å². The zero-order chi connectivity index (χ0) is 17.0. The number of anilines is 1. The number of aryl methyl sites for hydroxylation is 1. The fourth-order valence-electron chi connectivity index (χ4n) is 2.60. The molecule has 1 saturated heterocycles. The summed E-state index contributed by atoms with van der Waals surface area (Å²) in [6.07, 6.45) is -0.824. The standard InChI is InChI=1S/C16H26N4O3/c1-11(2)14-17-12(3)10-13(18-14)19-6-8-20(9-7-19)15(21)16(22-4)23-5/h10-11,16H,6-9H2,1-5H3. The number of nitrogens with zero attached hydrogens (tertiary/aromatic N) is 4. The van der Waals surface area contributed by atoms with E-state index in [0.717, 1.165) is 30.4 Å². The molecule has 0 radical (unpaired) electrons. The van der Waals surface area contributed by atoms with E-state index >= 15 is 0 Å². The van der Waals surface area contributed by atoms with Crippen LogP contribution in [-0.4, -0.2) is 67.5 Å². The van der Waals surface area contributed by atoms with E-state index < -0.39 is 6.29 Å². The topological polar surface area (TPSA) is 67.8 Å². The van der Waals surface area contributed by atoms with Crippen molar-refractivity contribution in [1.82, 2.24) is 14.9 Å². The molecular formula is C16H26N4O3. The summed E-state index contributed by atoms with van der Waals surface area (Å²) in [6.45, 7) is 8.89. The van der Waals surface area contributed by atoms with Gasteiger partial charge in [0.25, 0.3) is 5.91 Å². The number of methoxy groups -OCH3 is 2. The first-order chi connectivity index (χ1) is 11.0. The van der Waals surface area contributed by atoms with Crippen molar-refractivity contribution in [3.8, 4) is 0 Å². The van der Waals surface area contributed by atoms with Gasteiger partial charge in [-0.25, -0.2) is 9.97 Å². The lowest BCUT2D eigenvalue weighted by Crippen LogP contribution is -2.52. The number of amides is 1. The summed E-state index contributed by atoms with van der Waals surface area (Å²) in [7, 11) is 2.94. The molecule has 1 aliphatic heterocycles. The van der Waals surface area contributed by atoms with Gasteiger partial charge in [0.05, 0.1) is 0 Å². The highest BCUT2D eigenvalue weighted by atomic mass is 16.7. The highest BCUT2D eigenvalue weighted by Gasteiger charge is 2.28. The third kappa shape index (κ3) is 4.17. The molecule has 1 aliphatic rings. The van der Waals surface area contributed by atoms with Crippen molar-refractivity contribution in [3.05, 3.63) is 17.6 Å². The lowest BCUT2D eigenvalue weighted by atomic mass is 10.2. The first-order valence-corrected chi connectivity index (χ1v) is 7.91. The summed E-state index contributed by atoms with van der Waals surface area (Å²) in [5, 5.41) is 0. The highest BCUT2D eigenvalue weighted by Crippen LogP contribution is 2.19. The molecule has 0 aliphatic carbocycles. The maximum absolute atomic E-state index is 12.2. The average molecular weight is 322 g/mol. The molecule has 1 aromatic rings. The number of carbonyl (C=O) groups is 1. The van der Waals surface area contributed by atoms with Crippen molar-refractivity contribution in [2.45, 2.75) is 33.0 Å². The SMILES string of the molecule is COC(OC)C(=O)N1CCN(c2cc(C)nc(C(C)C)n2)CC1. The summed E-state index contributed by atoms with van der Waals surface area (Å²) in [4.78, 5) is 25.3. The second kappa shape index (κ2) is 7.70. The van der Waals surface area contributed by atoms with Gasteiger partial charge in [-0.15, -0.1) is 0 Å². The lowest BCUT2D eigenvalue weighted by molar-refractivity contribution is -0.170. The Bertz CT molecular complexity index is 538. The fraction of sp³-hybridized carbons (Fsp3) is 0.688. The first kappa shape index (κ1) is 17.6. The van der Waals surface area contributed by atoms with Crippen LogP contribution in [0.4, 0.5) is 5.82 Å². The smallest absolute Gasteiger partial charge is 0.279 e. The van der Waals surface area contributed by atoms with Crippen LogP contribution in [0.1, 0.15) is 31.3 Å². The van der Waals surface area contributed by atoms with Gasteiger partial charge in [0.1, 0.15) is 11.6 Å². The maximum Gasteiger partial charge on any atom is 0.279 e. The minimum atomic E-state index is -0.824. The van der Waals surface area contributed by atoms with Gasteiger partial charge in [-0.05, 0) is 6.92 Å². The van der Waals surface area contributed by atoms with Crippen LogP contribution in [0.5, 0.6) is 0 Å². The van der Waals surface area contributed by atoms with E-state index in [1.54, 1.807) is 4.90 Å². The van der Waals surface area contributed by atoms with E-state index in [1.807, 2.05) is 13.0 Å². The second-order valence-corrected chi connectivity index (χ2v) is 6.00. The number of hydrogen-bond donors (Lipinski definition) is 0. The van der Waals surface area contributed by atoms with E-state index in [4.69, 9.17) is 9.47 Å². The molecule has 23 heavy (non-hydrogen) atoms. The molecular weight excluding hydrogens is 296 g/mol. The molecule has 0 bridgehead atoms. The predicted molar refractivity (Wildman–Crippen MR) is 87.5 cm³/mol.